The summed E-state index contributed by atoms with van der Waals surface area (Å²) < 4.78 is 0. The fraction of sp³-hybridized carbons (Fsp3) is 0.538. The van der Waals surface area contributed by atoms with Crippen molar-refractivity contribution >= 4 is 11.4 Å². The van der Waals surface area contributed by atoms with Crippen LogP contribution in [0.25, 0.3) is 0 Å². The Hall–Kier alpha value is -1.22. The molecule has 1 rings (SSSR count). The Kier molecular flexibility index (Phi) is 5.12. The molecule has 3 N–H and O–H groups in total. The Morgan fingerprint density at radius 2 is 1.50 bits per heavy atom. The highest BCUT2D eigenvalue weighted by molar-refractivity contribution is 5.54. The minimum Gasteiger partial charge on any atom is -0.383 e. The van der Waals surface area contributed by atoms with Crippen molar-refractivity contribution in [3.05, 3.63) is 24.3 Å². The Morgan fingerprint density at radius 3 is 1.94 bits per heavy atom. The largest absolute Gasteiger partial charge is 0.383 e. The van der Waals surface area contributed by atoms with Crippen LogP contribution in [0.2, 0.25) is 0 Å². The standard InChI is InChI=1S/C13H22N2O/c1-4-10(3)14-11-6-8-12(9-7-11)15-13(16)5-2/h6-10,13-16H,4-5H2,1-3H3. The van der Waals surface area contributed by atoms with E-state index in [9.17, 15) is 5.11 Å². The summed E-state index contributed by atoms with van der Waals surface area (Å²) in [5.41, 5.74) is 2.06. The predicted molar refractivity (Wildman–Crippen MR) is 69.7 cm³/mol. The Balaban J connectivity index is 2.54. The maximum absolute atomic E-state index is 9.44. The van der Waals surface area contributed by atoms with Crippen molar-refractivity contribution in [2.24, 2.45) is 0 Å². The molecule has 16 heavy (non-hydrogen) atoms. The van der Waals surface area contributed by atoms with Crippen LogP contribution in [-0.2, 0) is 0 Å². The molecule has 0 fully saturated rings. The molecule has 1 aromatic rings. The number of hydrogen-bond acceptors (Lipinski definition) is 3. The molecule has 0 bridgehead atoms. The van der Waals surface area contributed by atoms with E-state index in [4.69, 9.17) is 0 Å². The second kappa shape index (κ2) is 6.38. The van der Waals surface area contributed by atoms with Crippen molar-refractivity contribution < 1.29 is 5.11 Å². The molecular weight excluding hydrogens is 200 g/mol. The van der Waals surface area contributed by atoms with E-state index in [1.165, 1.54) is 0 Å². The molecule has 0 aliphatic rings. The smallest absolute Gasteiger partial charge is 0.124 e. The quantitative estimate of drug-likeness (QED) is 0.648. The molecule has 0 aromatic heterocycles. The van der Waals surface area contributed by atoms with Crippen LogP contribution in [0, 0.1) is 0 Å². The van der Waals surface area contributed by atoms with Crippen molar-refractivity contribution in [1.29, 1.82) is 0 Å². The molecule has 0 spiro atoms. The summed E-state index contributed by atoms with van der Waals surface area (Å²) in [7, 11) is 0. The Bertz CT molecular complexity index is 266. The molecule has 2 unspecified atom stereocenters. The second-order valence-corrected chi connectivity index (χ2v) is 4.10. The van der Waals surface area contributed by atoms with E-state index >= 15 is 0 Å². The first-order valence-corrected chi connectivity index (χ1v) is 5.96. The van der Waals surface area contributed by atoms with Crippen LogP contribution in [0.3, 0.4) is 0 Å². The van der Waals surface area contributed by atoms with E-state index in [0.29, 0.717) is 12.5 Å². The summed E-state index contributed by atoms with van der Waals surface area (Å²) in [5.74, 6) is 0. The van der Waals surface area contributed by atoms with Crippen LogP contribution in [0.5, 0.6) is 0 Å². The van der Waals surface area contributed by atoms with Crippen LogP contribution in [-0.4, -0.2) is 17.4 Å². The lowest BCUT2D eigenvalue weighted by atomic mass is 10.2. The zero-order chi connectivity index (χ0) is 12.0. The molecule has 0 aliphatic carbocycles. The monoisotopic (exact) mass is 222 g/mol. The van der Waals surface area contributed by atoms with Gasteiger partial charge in [-0.1, -0.05) is 13.8 Å². The van der Waals surface area contributed by atoms with Gasteiger partial charge in [-0.3, -0.25) is 0 Å². The fourth-order valence-electron chi connectivity index (χ4n) is 1.34. The molecule has 3 nitrogen and oxygen atoms in total. The van der Waals surface area contributed by atoms with E-state index in [-0.39, 0.29) is 0 Å². The molecule has 0 amide bonds. The minimum atomic E-state index is -0.464. The zero-order valence-electron chi connectivity index (χ0n) is 10.3. The van der Waals surface area contributed by atoms with Gasteiger partial charge >= 0.3 is 0 Å². The number of nitrogens with one attached hydrogen (secondary N) is 2. The second-order valence-electron chi connectivity index (χ2n) is 4.10. The number of rotatable bonds is 6. The average Bonchev–Trinajstić information content (AvgIpc) is 2.31. The molecular formula is C13H22N2O. The number of benzene rings is 1. The van der Waals surface area contributed by atoms with Gasteiger partial charge in [0.05, 0.1) is 0 Å². The molecule has 2 atom stereocenters. The van der Waals surface area contributed by atoms with E-state index in [1.807, 2.05) is 31.2 Å². The highest BCUT2D eigenvalue weighted by Gasteiger charge is 2.01. The third-order valence-electron chi connectivity index (χ3n) is 2.63. The Morgan fingerprint density at radius 1 is 1.00 bits per heavy atom. The number of aliphatic hydroxyl groups excluding tert-OH is 1. The van der Waals surface area contributed by atoms with Crippen LogP contribution in [0.15, 0.2) is 24.3 Å². The maximum atomic E-state index is 9.44. The molecule has 1 aromatic carbocycles. The van der Waals surface area contributed by atoms with Gasteiger partial charge in [0.1, 0.15) is 6.23 Å². The van der Waals surface area contributed by atoms with Crippen LogP contribution >= 0.6 is 0 Å². The van der Waals surface area contributed by atoms with Crippen molar-refractivity contribution in [2.45, 2.75) is 45.9 Å². The summed E-state index contributed by atoms with van der Waals surface area (Å²) in [6, 6.07) is 8.49. The van der Waals surface area contributed by atoms with Gasteiger partial charge < -0.3 is 15.7 Å². The summed E-state index contributed by atoms with van der Waals surface area (Å²) >= 11 is 0. The predicted octanol–water partition coefficient (Wildman–Crippen LogP) is 3.04. The van der Waals surface area contributed by atoms with Gasteiger partial charge in [0.25, 0.3) is 0 Å². The van der Waals surface area contributed by atoms with Gasteiger partial charge in [0, 0.05) is 17.4 Å². The first-order valence-electron chi connectivity index (χ1n) is 5.96. The summed E-state index contributed by atoms with van der Waals surface area (Å²) in [6.07, 6.45) is 1.34. The topological polar surface area (TPSA) is 44.3 Å². The molecule has 0 heterocycles. The summed E-state index contributed by atoms with van der Waals surface area (Å²) in [5, 5.41) is 15.8. The first-order chi connectivity index (χ1) is 7.65. The highest BCUT2D eigenvalue weighted by atomic mass is 16.3. The normalized spacial score (nSPS) is 14.2. The lowest BCUT2D eigenvalue weighted by Gasteiger charge is -2.15. The van der Waals surface area contributed by atoms with E-state index in [0.717, 1.165) is 17.8 Å². The zero-order valence-corrected chi connectivity index (χ0v) is 10.3. The van der Waals surface area contributed by atoms with E-state index < -0.39 is 6.23 Å². The molecule has 0 radical (unpaired) electrons. The number of anilines is 2. The van der Waals surface area contributed by atoms with E-state index in [1.54, 1.807) is 0 Å². The SMILES string of the molecule is CCC(C)Nc1ccc(NC(O)CC)cc1. The van der Waals surface area contributed by atoms with E-state index in [2.05, 4.69) is 24.5 Å². The summed E-state index contributed by atoms with van der Waals surface area (Å²) in [4.78, 5) is 0. The highest BCUT2D eigenvalue weighted by Crippen LogP contribution is 2.15. The maximum Gasteiger partial charge on any atom is 0.124 e. The molecule has 0 aliphatic heterocycles. The Labute approximate surface area is 97.9 Å². The third-order valence-corrected chi connectivity index (χ3v) is 2.63. The minimum absolute atomic E-state index is 0.464. The lowest BCUT2D eigenvalue weighted by molar-refractivity contribution is 0.199. The average molecular weight is 222 g/mol. The van der Waals surface area contributed by atoms with Gasteiger partial charge in [-0.25, -0.2) is 0 Å². The van der Waals surface area contributed by atoms with Gasteiger partial charge in [0.2, 0.25) is 0 Å². The van der Waals surface area contributed by atoms with Gasteiger partial charge in [-0.15, -0.1) is 0 Å². The van der Waals surface area contributed by atoms with Crippen molar-refractivity contribution in [3.63, 3.8) is 0 Å². The van der Waals surface area contributed by atoms with Crippen LogP contribution < -0.4 is 10.6 Å². The van der Waals surface area contributed by atoms with Gasteiger partial charge in [-0.05, 0) is 44.0 Å². The number of hydrogen-bond donors (Lipinski definition) is 3. The molecule has 0 saturated heterocycles. The molecule has 0 saturated carbocycles. The fourth-order valence-corrected chi connectivity index (χ4v) is 1.34. The summed E-state index contributed by atoms with van der Waals surface area (Å²) in [6.45, 7) is 6.26. The third kappa shape index (κ3) is 4.11. The van der Waals surface area contributed by atoms with Crippen molar-refractivity contribution in [1.82, 2.24) is 0 Å². The van der Waals surface area contributed by atoms with Gasteiger partial charge in [0.15, 0.2) is 0 Å². The van der Waals surface area contributed by atoms with Crippen LogP contribution in [0.4, 0.5) is 11.4 Å². The van der Waals surface area contributed by atoms with Crippen molar-refractivity contribution in [3.8, 4) is 0 Å². The van der Waals surface area contributed by atoms with Crippen LogP contribution in [0.1, 0.15) is 33.6 Å². The van der Waals surface area contributed by atoms with Crippen molar-refractivity contribution in [2.75, 3.05) is 10.6 Å². The molecule has 90 valence electrons. The number of aliphatic hydroxyl groups is 1. The molecule has 3 heteroatoms. The first kappa shape index (κ1) is 12.8. The van der Waals surface area contributed by atoms with Gasteiger partial charge in [-0.2, -0.15) is 0 Å². The lowest BCUT2D eigenvalue weighted by Crippen LogP contribution is -2.17.